The maximum atomic E-state index is 5.84. The van der Waals surface area contributed by atoms with Crippen LogP contribution >= 0.6 is 23.2 Å². The van der Waals surface area contributed by atoms with E-state index in [9.17, 15) is 0 Å². The van der Waals surface area contributed by atoms with Crippen LogP contribution in [0.3, 0.4) is 0 Å². The molecule has 12 heavy (non-hydrogen) atoms. The van der Waals surface area contributed by atoms with E-state index in [0.717, 1.165) is 6.42 Å². The van der Waals surface area contributed by atoms with Gasteiger partial charge in [-0.1, -0.05) is 23.2 Å². The molecule has 0 spiro atoms. The van der Waals surface area contributed by atoms with E-state index in [2.05, 4.69) is 19.6 Å². The lowest BCUT2D eigenvalue weighted by molar-refractivity contribution is 0.286. The third-order valence-corrected chi connectivity index (χ3v) is 2.89. The van der Waals surface area contributed by atoms with Gasteiger partial charge in [-0.2, -0.15) is 0 Å². The minimum atomic E-state index is -1.37. The quantitative estimate of drug-likeness (QED) is 0.667. The molecule has 0 aromatic carbocycles. The second kappa shape index (κ2) is 3.70. The van der Waals surface area contributed by atoms with Gasteiger partial charge in [0.15, 0.2) is 8.32 Å². The van der Waals surface area contributed by atoms with Crippen molar-refractivity contribution in [1.82, 2.24) is 0 Å². The molecule has 0 aliphatic heterocycles. The minimum absolute atomic E-state index is 0.363. The van der Waals surface area contributed by atoms with E-state index in [1.165, 1.54) is 0 Å². The van der Waals surface area contributed by atoms with E-state index in [1.807, 2.05) is 6.08 Å². The lowest BCUT2D eigenvalue weighted by atomic mass is 10.4. The van der Waals surface area contributed by atoms with Crippen molar-refractivity contribution in [3.63, 3.8) is 0 Å². The Labute approximate surface area is 84.8 Å². The fourth-order valence-electron chi connectivity index (χ4n) is 1.12. The van der Waals surface area contributed by atoms with Crippen molar-refractivity contribution in [1.29, 1.82) is 0 Å². The van der Waals surface area contributed by atoms with Crippen LogP contribution in [0.1, 0.15) is 6.42 Å². The van der Waals surface area contributed by atoms with Gasteiger partial charge in [-0.25, -0.2) is 0 Å². The first-order valence-electron chi connectivity index (χ1n) is 4.09. The molecule has 0 heterocycles. The van der Waals surface area contributed by atoms with Crippen molar-refractivity contribution in [2.75, 3.05) is 0 Å². The number of hydrogen-bond donors (Lipinski definition) is 0. The van der Waals surface area contributed by atoms with Crippen LogP contribution in [-0.2, 0) is 4.43 Å². The second-order valence-corrected chi connectivity index (χ2v) is 9.59. The Morgan fingerprint density at radius 1 is 1.42 bits per heavy atom. The van der Waals surface area contributed by atoms with Crippen molar-refractivity contribution in [2.45, 2.75) is 32.2 Å². The standard InChI is InChI=1S/C8H14Cl2OSi/c1-12(2,3)11-7-4-6(7)5-8(9)10/h5-7H,4H2,1-3H3/t6-,7+/m1/s1. The van der Waals surface area contributed by atoms with Crippen LogP contribution in [0.2, 0.25) is 19.6 Å². The molecule has 1 saturated carbocycles. The van der Waals surface area contributed by atoms with Crippen LogP contribution in [0.15, 0.2) is 10.6 Å². The first-order chi connectivity index (χ1) is 5.38. The van der Waals surface area contributed by atoms with Crippen molar-refractivity contribution in [2.24, 2.45) is 5.92 Å². The van der Waals surface area contributed by atoms with E-state index < -0.39 is 8.32 Å². The van der Waals surface area contributed by atoms with Crippen LogP contribution < -0.4 is 0 Å². The summed E-state index contributed by atoms with van der Waals surface area (Å²) in [5.41, 5.74) is 0. The van der Waals surface area contributed by atoms with Crippen LogP contribution in [0, 0.1) is 5.92 Å². The first kappa shape index (κ1) is 10.6. The molecule has 70 valence electrons. The lowest BCUT2D eigenvalue weighted by Crippen LogP contribution is -2.26. The van der Waals surface area contributed by atoms with Crippen molar-refractivity contribution in [3.05, 3.63) is 10.6 Å². The van der Waals surface area contributed by atoms with Crippen molar-refractivity contribution >= 4 is 31.5 Å². The normalized spacial score (nSPS) is 28.4. The van der Waals surface area contributed by atoms with Crippen LogP contribution in [-0.4, -0.2) is 14.4 Å². The summed E-state index contributed by atoms with van der Waals surface area (Å²) in [6.45, 7) is 6.57. The summed E-state index contributed by atoms with van der Waals surface area (Å²) in [5.74, 6) is 0.460. The molecule has 1 aliphatic rings. The number of rotatable bonds is 3. The monoisotopic (exact) mass is 224 g/mol. The fourth-order valence-corrected chi connectivity index (χ4v) is 2.62. The largest absolute Gasteiger partial charge is 0.414 e. The molecule has 0 radical (unpaired) electrons. The summed E-state index contributed by atoms with van der Waals surface area (Å²) in [6, 6.07) is 0. The highest BCUT2D eigenvalue weighted by molar-refractivity contribution is 6.69. The van der Waals surface area contributed by atoms with E-state index in [-0.39, 0.29) is 0 Å². The molecule has 1 aliphatic carbocycles. The van der Waals surface area contributed by atoms with Gasteiger partial charge in [-0.3, -0.25) is 0 Å². The van der Waals surface area contributed by atoms with Gasteiger partial charge in [0, 0.05) is 5.92 Å². The summed E-state index contributed by atoms with van der Waals surface area (Å²) in [4.78, 5) is 0. The maximum Gasteiger partial charge on any atom is 0.184 e. The molecule has 1 nitrogen and oxygen atoms in total. The molecule has 0 aromatic heterocycles. The van der Waals surface area contributed by atoms with Crippen LogP contribution in [0.4, 0.5) is 0 Å². The van der Waals surface area contributed by atoms with Crippen molar-refractivity contribution in [3.8, 4) is 0 Å². The summed E-state index contributed by atoms with van der Waals surface area (Å²) in [5, 5.41) is 0. The maximum absolute atomic E-state index is 5.84. The zero-order valence-electron chi connectivity index (χ0n) is 7.60. The summed E-state index contributed by atoms with van der Waals surface area (Å²) < 4.78 is 6.20. The zero-order valence-corrected chi connectivity index (χ0v) is 10.1. The van der Waals surface area contributed by atoms with E-state index in [4.69, 9.17) is 27.6 Å². The molecule has 1 fully saturated rings. The molecular formula is C8H14Cl2OSi. The fraction of sp³-hybridized carbons (Fsp3) is 0.750. The van der Waals surface area contributed by atoms with E-state index in [0.29, 0.717) is 16.5 Å². The Balaban J connectivity index is 2.30. The molecule has 0 N–H and O–H groups in total. The number of hydrogen-bond acceptors (Lipinski definition) is 1. The molecule has 0 bridgehead atoms. The Morgan fingerprint density at radius 3 is 2.42 bits per heavy atom. The molecule has 0 aromatic rings. The van der Waals surface area contributed by atoms with Gasteiger partial charge >= 0.3 is 0 Å². The van der Waals surface area contributed by atoms with E-state index in [1.54, 1.807) is 0 Å². The summed E-state index contributed by atoms with van der Waals surface area (Å²) in [7, 11) is -1.37. The zero-order chi connectivity index (χ0) is 9.35. The topological polar surface area (TPSA) is 9.23 Å². The Kier molecular flexibility index (Phi) is 3.26. The molecule has 2 atom stereocenters. The lowest BCUT2D eigenvalue weighted by Gasteiger charge is -2.16. The highest BCUT2D eigenvalue weighted by Crippen LogP contribution is 2.38. The molecule has 4 heteroatoms. The summed E-state index contributed by atoms with van der Waals surface area (Å²) >= 11 is 11.1. The highest BCUT2D eigenvalue weighted by Gasteiger charge is 2.39. The predicted molar refractivity (Wildman–Crippen MR) is 56.1 cm³/mol. The Hall–Kier alpha value is 0.497. The van der Waals surface area contributed by atoms with Crippen LogP contribution in [0.25, 0.3) is 0 Å². The first-order valence-corrected chi connectivity index (χ1v) is 8.25. The van der Waals surface area contributed by atoms with Gasteiger partial charge < -0.3 is 4.43 Å². The molecular weight excluding hydrogens is 211 g/mol. The average molecular weight is 225 g/mol. The van der Waals surface area contributed by atoms with Gasteiger partial charge in [-0.05, 0) is 32.1 Å². The third kappa shape index (κ3) is 3.94. The third-order valence-electron chi connectivity index (χ3n) is 1.62. The van der Waals surface area contributed by atoms with Gasteiger partial charge in [0.1, 0.15) is 4.49 Å². The van der Waals surface area contributed by atoms with Gasteiger partial charge in [0.2, 0.25) is 0 Å². The number of halogens is 2. The molecule has 0 unspecified atom stereocenters. The molecule has 0 saturated heterocycles. The SMILES string of the molecule is C[Si](C)(C)O[C@H]1C[C@@H]1C=C(Cl)Cl. The van der Waals surface area contributed by atoms with Crippen molar-refractivity contribution < 1.29 is 4.43 Å². The predicted octanol–water partition coefficient (Wildman–Crippen LogP) is 3.55. The summed E-state index contributed by atoms with van der Waals surface area (Å²) in [6.07, 6.45) is 3.32. The smallest absolute Gasteiger partial charge is 0.184 e. The van der Waals surface area contributed by atoms with E-state index >= 15 is 0 Å². The Bertz CT molecular complexity index is 194. The van der Waals surface area contributed by atoms with Gasteiger partial charge in [-0.15, -0.1) is 0 Å². The molecule has 0 amide bonds. The van der Waals surface area contributed by atoms with Crippen LogP contribution in [0.5, 0.6) is 0 Å². The second-order valence-electron chi connectivity index (χ2n) is 4.12. The minimum Gasteiger partial charge on any atom is -0.414 e. The highest BCUT2D eigenvalue weighted by atomic mass is 35.5. The average Bonchev–Trinajstić information content (AvgIpc) is 2.40. The van der Waals surface area contributed by atoms with Gasteiger partial charge in [0.25, 0.3) is 0 Å². The molecule has 1 rings (SSSR count). The Morgan fingerprint density at radius 2 is 2.00 bits per heavy atom. The van der Waals surface area contributed by atoms with Gasteiger partial charge in [0.05, 0.1) is 6.10 Å².